The second kappa shape index (κ2) is 5.95. The van der Waals surface area contributed by atoms with Crippen LogP contribution < -0.4 is 4.74 Å². The first kappa shape index (κ1) is 15.0. The van der Waals surface area contributed by atoms with Gasteiger partial charge in [-0.2, -0.15) is 5.10 Å². The topological polar surface area (TPSA) is 77.2 Å². The summed E-state index contributed by atoms with van der Waals surface area (Å²) >= 11 is 0. The summed E-state index contributed by atoms with van der Waals surface area (Å²) in [6.45, 7) is 5.75. The van der Waals surface area contributed by atoms with Crippen LogP contribution in [0.25, 0.3) is 0 Å². The quantitative estimate of drug-likeness (QED) is 0.915. The molecule has 0 atom stereocenters. The summed E-state index contributed by atoms with van der Waals surface area (Å²) < 4.78 is 7.50. The molecule has 0 saturated carbocycles. The summed E-state index contributed by atoms with van der Waals surface area (Å²) in [5.74, 6) is -0.0771. The largest absolute Gasteiger partial charge is 0.478 e. The molecule has 0 radical (unpaired) electrons. The van der Waals surface area contributed by atoms with Gasteiger partial charge in [0.15, 0.2) is 5.75 Å². The van der Waals surface area contributed by atoms with Crippen LogP contribution in [0, 0.1) is 13.8 Å². The molecule has 6 nitrogen and oxygen atoms in total. The SMILES string of the molecule is CCCc1cc(C(=O)O)cc(Oc2c(C)nn(C)c2C)n1. The molecule has 0 amide bonds. The number of carboxylic acids is 1. The molecule has 0 spiro atoms. The molecule has 6 heteroatoms. The lowest BCUT2D eigenvalue weighted by Gasteiger charge is -2.08. The number of ether oxygens (including phenoxy) is 1. The predicted molar refractivity (Wildman–Crippen MR) is 77.9 cm³/mol. The van der Waals surface area contributed by atoms with Gasteiger partial charge < -0.3 is 9.84 Å². The van der Waals surface area contributed by atoms with Crippen molar-refractivity contribution >= 4 is 5.97 Å². The van der Waals surface area contributed by atoms with E-state index < -0.39 is 5.97 Å². The molecular weight excluding hydrogens is 270 g/mol. The van der Waals surface area contributed by atoms with Crippen LogP contribution in [0.3, 0.4) is 0 Å². The summed E-state index contributed by atoms with van der Waals surface area (Å²) in [6, 6.07) is 3.02. The van der Waals surface area contributed by atoms with Crippen LogP contribution in [-0.4, -0.2) is 25.8 Å². The van der Waals surface area contributed by atoms with Crippen molar-refractivity contribution < 1.29 is 14.6 Å². The average Bonchev–Trinajstić information content (AvgIpc) is 2.65. The second-order valence-electron chi connectivity index (χ2n) is 4.97. The first-order valence-electron chi connectivity index (χ1n) is 6.84. The van der Waals surface area contributed by atoms with E-state index in [0.29, 0.717) is 17.9 Å². The van der Waals surface area contributed by atoms with E-state index >= 15 is 0 Å². The van der Waals surface area contributed by atoms with Crippen molar-refractivity contribution in [3.63, 3.8) is 0 Å². The molecule has 112 valence electrons. The molecule has 0 fully saturated rings. The Hall–Kier alpha value is -2.37. The third kappa shape index (κ3) is 3.21. The van der Waals surface area contributed by atoms with Crippen molar-refractivity contribution in [1.82, 2.24) is 14.8 Å². The number of pyridine rings is 1. The molecule has 2 aromatic rings. The van der Waals surface area contributed by atoms with E-state index in [1.165, 1.54) is 6.07 Å². The molecule has 21 heavy (non-hydrogen) atoms. The van der Waals surface area contributed by atoms with Crippen molar-refractivity contribution in [2.75, 3.05) is 0 Å². The molecule has 2 rings (SSSR count). The molecule has 0 bridgehead atoms. The van der Waals surface area contributed by atoms with Gasteiger partial charge in [0.2, 0.25) is 5.88 Å². The third-order valence-electron chi connectivity index (χ3n) is 3.26. The minimum atomic E-state index is -0.987. The maximum Gasteiger partial charge on any atom is 0.335 e. The lowest BCUT2D eigenvalue weighted by Crippen LogP contribution is -2.02. The highest BCUT2D eigenvalue weighted by Gasteiger charge is 2.15. The Balaban J connectivity index is 2.40. The Morgan fingerprint density at radius 2 is 2.10 bits per heavy atom. The van der Waals surface area contributed by atoms with Crippen LogP contribution in [0.2, 0.25) is 0 Å². The monoisotopic (exact) mass is 289 g/mol. The highest BCUT2D eigenvalue weighted by molar-refractivity contribution is 5.88. The van der Waals surface area contributed by atoms with Gasteiger partial charge in [0.05, 0.1) is 11.3 Å². The van der Waals surface area contributed by atoms with Gasteiger partial charge in [-0.25, -0.2) is 9.78 Å². The van der Waals surface area contributed by atoms with Gasteiger partial charge in [0.25, 0.3) is 0 Å². The van der Waals surface area contributed by atoms with Gasteiger partial charge in [-0.15, -0.1) is 0 Å². The fraction of sp³-hybridized carbons (Fsp3) is 0.400. The number of hydrogen-bond donors (Lipinski definition) is 1. The lowest BCUT2D eigenvalue weighted by molar-refractivity contribution is 0.0696. The summed E-state index contributed by atoms with van der Waals surface area (Å²) in [7, 11) is 1.83. The highest BCUT2D eigenvalue weighted by atomic mass is 16.5. The maximum absolute atomic E-state index is 11.2. The van der Waals surface area contributed by atoms with Crippen molar-refractivity contribution in [2.24, 2.45) is 7.05 Å². The van der Waals surface area contributed by atoms with E-state index in [9.17, 15) is 9.90 Å². The lowest BCUT2D eigenvalue weighted by atomic mass is 10.1. The van der Waals surface area contributed by atoms with Crippen LogP contribution in [0.15, 0.2) is 12.1 Å². The van der Waals surface area contributed by atoms with Gasteiger partial charge in [-0.05, 0) is 26.3 Å². The van der Waals surface area contributed by atoms with Crippen molar-refractivity contribution in [3.05, 3.63) is 34.8 Å². The van der Waals surface area contributed by atoms with E-state index in [-0.39, 0.29) is 11.4 Å². The fourth-order valence-electron chi connectivity index (χ4n) is 2.13. The van der Waals surface area contributed by atoms with E-state index in [1.54, 1.807) is 10.7 Å². The number of aromatic nitrogens is 3. The van der Waals surface area contributed by atoms with Crippen LogP contribution in [-0.2, 0) is 13.5 Å². The standard InChI is InChI=1S/C15H19N3O3/c1-5-6-12-7-11(15(19)20)8-13(16-12)21-14-9(2)17-18(4)10(14)3/h7-8H,5-6H2,1-4H3,(H,19,20). The number of rotatable bonds is 5. The third-order valence-corrected chi connectivity index (χ3v) is 3.26. The molecule has 0 aliphatic carbocycles. The molecule has 0 unspecified atom stereocenters. The molecule has 2 heterocycles. The summed E-state index contributed by atoms with van der Waals surface area (Å²) in [4.78, 5) is 15.6. The van der Waals surface area contributed by atoms with Crippen LogP contribution in [0.5, 0.6) is 11.6 Å². The number of aromatic carboxylic acids is 1. The maximum atomic E-state index is 11.2. The van der Waals surface area contributed by atoms with Crippen molar-refractivity contribution in [1.29, 1.82) is 0 Å². The zero-order chi connectivity index (χ0) is 15.6. The van der Waals surface area contributed by atoms with Gasteiger partial charge >= 0.3 is 5.97 Å². The zero-order valence-corrected chi connectivity index (χ0v) is 12.7. The minimum absolute atomic E-state index is 0.183. The number of carbonyl (C=O) groups is 1. The molecular formula is C15H19N3O3. The smallest absolute Gasteiger partial charge is 0.335 e. The number of aryl methyl sites for hydroxylation is 3. The molecule has 1 N–H and O–H groups in total. The Morgan fingerprint density at radius 1 is 1.38 bits per heavy atom. The fourth-order valence-corrected chi connectivity index (χ4v) is 2.13. The Labute approximate surface area is 123 Å². The van der Waals surface area contributed by atoms with Gasteiger partial charge in [-0.1, -0.05) is 13.3 Å². The molecule has 0 aromatic carbocycles. The number of hydrogen-bond acceptors (Lipinski definition) is 4. The van der Waals surface area contributed by atoms with E-state index in [1.807, 2.05) is 27.8 Å². The summed E-state index contributed by atoms with van der Waals surface area (Å²) in [5.41, 5.74) is 2.51. The predicted octanol–water partition coefficient (Wildman–Crippen LogP) is 2.87. The molecule has 0 saturated heterocycles. The van der Waals surface area contributed by atoms with Crippen molar-refractivity contribution in [2.45, 2.75) is 33.6 Å². The normalized spacial score (nSPS) is 10.7. The van der Waals surface area contributed by atoms with E-state index in [4.69, 9.17) is 4.74 Å². The van der Waals surface area contributed by atoms with Crippen LogP contribution >= 0.6 is 0 Å². The average molecular weight is 289 g/mol. The summed E-state index contributed by atoms with van der Waals surface area (Å²) in [5, 5.41) is 13.5. The molecule has 2 aromatic heterocycles. The number of nitrogens with zero attached hydrogens (tertiary/aromatic N) is 3. The molecule has 0 aliphatic rings. The van der Waals surface area contributed by atoms with Crippen LogP contribution in [0.1, 0.15) is 40.8 Å². The van der Waals surface area contributed by atoms with E-state index in [0.717, 1.165) is 17.8 Å². The first-order chi connectivity index (χ1) is 9.92. The second-order valence-corrected chi connectivity index (χ2v) is 4.97. The summed E-state index contributed by atoms with van der Waals surface area (Å²) in [6.07, 6.45) is 1.60. The Bertz CT molecular complexity index is 677. The van der Waals surface area contributed by atoms with Crippen molar-refractivity contribution in [3.8, 4) is 11.6 Å². The Kier molecular flexibility index (Phi) is 4.26. The van der Waals surface area contributed by atoms with Gasteiger partial charge in [0.1, 0.15) is 5.69 Å². The van der Waals surface area contributed by atoms with E-state index in [2.05, 4.69) is 10.1 Å². The first-order valence-corrected chi connectivity index (χ1v) is 6.84. The number of carboxylic acid groups (broad SMARTS) is 1. The molecule has 0 aliphatic heterocycles. The highest BCUT2D eigenvalue weighted by Crippen LogP contribution is 2.27. The minimum Gasteiger partial charge on any atom is -0.478 e. The van der Waals surface area contributed by atoms with Crippen LogP contribution in [0.4, 0.5) is 0 Å². The zero-order valence-electron chi connectivity index (χ0n) is 12.7. The Morgan fingerprint density at radius 3 is 2.62 bits per heavy atom. The van der Waals surface area contributed by atoms with Gasteiger partial charge in [-0.3, -0.25) is 4.68 Å². The van der Waals surface area contributed by atoms with Gasteiger partial charge in [0, 0.05) is 18.8 Å².